The van der Waals surface area contributed by atoms with Crippen molar-refractivity contribution in [3.8, 4) is 0 Å². The number of amides is 2. The molecule has 0 aliphatic rings. The van der Waals surface area contributed by atoms with E-state index in [9.17, 15) is 38.7 Å². The number of rotatable bonds is 25. The second kappa shape index (κ2) is 21.7. The number of carbonyl (C=O) groups is 2. The summed E-state index contributed by atoms with van der Waals surface area (Å²) in [4.78, 5) is 43.3. The quantitative estimate of drug-likeness (QED) is 0.0633. The van der Waals surface area contributed by atoms with Crippen molar-refractivity contribution in [2.24, 2.45) is 17.8 Å². The van der Waals surface area contributed by atoms with Gasteiger partial charge in [0.2, 0.25) is 11.8 Å². The van der Waals surface area contributed by atoms with Gasteiger partial charge in [0.15, 0.2) is 0 Å². The highest BCUT2D eigenvalue weighted by atomic mass is 31.2. The standard InChI is InChI=1S/C25H52N2O12P2/c1-19(2)38-40(32,33)36-17-23(16-29)11-8-9-13-27-25(31)20(3)14-21(4)39-41(34,35)37-18-22(15-28)10-6-7-12-24(30)26-5/h19-23,28-29H,6-18H2,1-5H3,(H,26,30)(H,27,31)(H,32,33)(H,34,35)/t20-,21?,22?,23?/m1/s1. The first-order chi connectivity index (χ1) is 19.1. The second-order valence-electron chi connectivity index (χ2n) is 10.5. The molecule has 6 N–H and O–H groups in total. The summed E-state index contributed by atoms with van der Waals surface area (Å²) >= 11 is 0. The zero-order valence-corrected chi connectivity index (χ0v) is 26.8. The molecule has 6 atom stereocenters. The van der Waals surface area contributed by atoms with Gasteiger partial charge in [0.05, 0.1) is 25.4 Å². The van der Waals surface area contributed by atoms with Crippen LogP contribution >= 0.6 is 15.6 Å². The molecule has 0 saturated carbocycles. The van der Waals surface area contributed by atoms with Crippen molar-refractivity contribution in [3.63, 3.8) is 0 Å². The first kappa shape index (κ1) is 40.1. The van der Waals surface area contributed by atoms with Gasteiger partial charge in [-0.15, -0.1) is 0 Å². The van der Waals surface area contributed by atoms with Crippen molar-refractivity contribution in [2.75, 3.05) is 40.0 Å². The highest BCUT2D eigenvalue weighted by Crippen LogP contribution is 2.46. The minimum Gasteiger partial charge on any atom is -0.396 e. The zero-order chi connectivity index (χ0) is 31.5. The average molecular weight is 635 g/mol. The molecule has 244 valence electrons. The van der Waals surface area contributed by atoms with Gasteiger partial charge in [0.1, 0.15) is 0 Å². The molecule has 14 nitrogen and oxygen atoms in total. The summed E-state index contributed by atoms with van der Waals surface area (Å²) in [5, 5.41) is 24.3. The van der Waals surface area contributed by atoms with Crippen LogP contribution in [0.3, 0.4) is 0 Å². The molecule has 0 aromatic carbocycles. The molecule has 0 aliphatic carbocycles. The highest BCUT2D eigenvalue weighted by Gasteiger charge is 2.28. The van der Waals surface area contributed by atoms with Gasteiger partial charge in [0, 0.05) is 51.0 Å². The van der Waals surface area contributed by atoms with Gasteiger partial charge in [-0.05, 0) is 52.9 Å². The Morgan fingerprint density at radius 3 is 1.80 bits per heavy atom. The molecule has 0 aromatic heterocycles. The van der Waals surface area contributed by atoms with E-state index in [1.165, 1.54) is 0 Å². The number of hydrogen-bond acceptors (Lipinski definition) is 10. The molecule has 0 rings (SSSR count). The van der Waals surface area contributed by atoms with Crippen molar-refractivity contribution in [3.05, 3.63) is 0 Å². The van der Waals surface area contributed by atoms with E-state index < -0.39 is 33.8 Å². The summed E-state index contributed by atoms with van der Waals surface area (Å²) in [5.74, 6) is -1.55. The van der Waals surface area contributed by atoms with Crippen molar-refractivity contribution < 1.29 is 56.8 Å². The SMILES string of the molecule is CNC(=O)CCCCC(CO)COP(=O)(O)OC(C)C[C@@H](C)C(=O)NCCCCC(CO)COP(=O)(O)OC(C)C. The van der Waals surface area contributed by atoms with Gasteiger partial charge in [-0.3, -0.25) is 27.7 Å². The molecule has 0 radical (unpaired) electrons. The third kappa shape index (κ3) is 21.4. The Morgan fingerprint density at radius 2 is 1.32 bits per heavy atom. The Hall–Kier alpha value is -0.920. The number of aliphatic hydroxyl groups is 2. The highest BCUT2D eigenvalue weighted by molar-refractivity contribution is 7.47. The number of phosphoric acid groups is 2. The van der Waals surface area contributed by atoms with E-state index in [-0.39, 0.29) is 56.5 Å². The first-order valence-corrected chi connectivity index (χ1v) is 17.1. The Balaban J connectivity index is 4.29. The van der Waals surface area contributed by atoms with E-state index in [1.54, 1.807) is 34.7 Å². The number of hydrogen-bond donors (Lipinski definition) is 6. The smallest absolute Gasteiger partial charge is 0.396 e. The largest absolute Gasteiger partial charge is 0.472 e. The summed E-state index contributed by atoms with van der Waals surface area (Å²) in [6, 6.07) is 0. The van der Waals surface area contributed by atoms with Crippen molar-refractivity contribution in [1.29, 1.82) is 0 Å². The van der Waals surface area contributed by atoms with Crippen LogP contribution in [0.25, 0.3) is 0 Å². The lowest BCUT2D eigenvalue weighted by molar-refractivity contribution is -0.125. The van der Waals surface area contributed by atoms with Crippen molar-refractivity contribution in [2.45, 2.75) is 91.3 Å². The third-order valence-electron chi connectivity index (χ3n) is 6.14. The normalized spacial score (nSPS) is 17.7. The molecular formula is C25H52N2O12P2. The molecule has 0 saturated heterocycles. The van der Waals surface area contributed by atoms with Crippen LogP contribution in [0.4, 0.5) is 0 Å². The maximum absolute atomic E-state index is 12.4. The zero-order valence-electron chi connectivity index (χ0n) is 25.0. The number of carbonyl (C=O) groups excluding carboxylic acids is 2. The summed E-state index contributed by atoms with van der Waals surface area (Å²) < 4.78 is 44.1. The van der Waals surface area contributed by atoms with Gasteiger partial charge in [-0.25, -0.2) is 9.13 Å². The fraction of sp³-hybridized carbons (Fsp3) is 0.920. The minimum atomic E-state index is -4.41. The molecule has 41 heavy (non-hydrogen) atoms. The molecule has 0 bridgehead atoms. The molecule has 5 unspecified atom stereocenters. The van der Waals surface area contributed by atoms with E-state index in [0.29, 0.717) is 51.5 Å². The van der Waals surface area contributed by atoms with Crippen LogP contribution in [-0.2, 0) is 36.8 Å². The Morgan fingerprint density at radius 1 is 0.805 bits per heavy atom. The first-order valence-electron chi connectivity index (χ1n) is 14.2. The van der Waals surface area contributed by atoms with Crippen molar-refractivity contribution in [1.82, 2.24) is 10.6 Å². The summed E-state index contributed by atoms with van der Waals surface area (Å²) in [6.45, 7) is 6.06. The lowest BCUT2D eigenvalue weighted by Gasteiger charge is -2.22. The van der Waals surface area contributed by atoms with Gasteiger partial charge < -0.3 is 30.6 Å². The fourth-order valence-corrected chi connectivity index (χ4v) is 5.84. The lowest BCUT2D eigenvalue weighted by Crippen LogP contribution is -2.32. The average Bonchev–Trinajstić information content (AvgIpc) is 2.88. The summed E-state index contributed by atoms with van der Waals surface area (Å²) in [5.41, 5.74) is 0. The Bertz CT molecular complexity index is 832. The van der Waals surface area contributed by atoms with E-state index in [0.717, 1.165) is 0 Å². The Labute approximate surface area is 244 Å². The number of aliphatic hydroxyl groups excluding tert-OH is 2. The maximum atomic E-state index is 12.4. The summed E-state index contributed by atoms with van der Waals surface area (Å²) in [7, 11) is -7.02. The molecule has 0 heterocycles. The van der Waals surface area contributed by atoms with Gasteiger partial charge >= 0.3 is 15.6 Å². The minimum absolute atomic E-state index is 0.0727. The van der Waals surface area contributed by atoms with Crippen LogP contribution in [-0.4, -0.2) is 84.0 Å². The third-order valence-corrected chi connectivity index (χ3v) is 8.40. The topological polar surface area (TPSA) is 210 Å². The van der Waals surface area contributed by atoms with E-state index in [4.69, 9.17) is 18.1 Å². The Kier molecular flexibility index (Phi) is 21.2. The maximum Gasteiger partial charge on any atom is 0.472 e. The molecule has 0 fully saturated rings. The molecule has 16 heteroatoms. The molecule has 2 amide bonds. The molecular weight excluding hydrogens is 582 g/mol. The van der Waals surface area contributed by atoms with Crippen LogP contribution in [0.2, 0.25) is 0 Å². The second-order valence-corrected chi connectivity index (χ2v) is 13.4. The van der Waals surface area contributed by atoms with Crippen LogP contribution in [0.15, 0.2) is 0 Å². The predicted octanol–water partition coefficient (Wildman–Crippen LogP) is 2.89. The number of nitrogens with one attached hydrogen (secondary N) is 2. The number of unbranched alkanes of at least 4 members (excludes halogenated alkanes) is 2. The monoisotopic (exact) mass is 634 g/mol. The van der Waals surface area contributed by atoms with Gasteiger partial charge in [-0.1, -0.05) is 19.8 Å². The van der Waals surface area contributed by atoms with E-state index in [1.807, 2.05) is 0 Å². The van der Waals surface area contributed by atoms with Crippen LogP contribution in [0, 0.1) is 17.8 Å². The molecule has 0 spiro atoms. The lowest BCUT2D eigenvalue weighted by atomic mass is 10.0. The number of phosphoric ester groups is 2. The summed E-state index contributed by atoms with van der Waals surface area (Å²) in [6.07, 6.45) is 2.88. The van der Waals surface area contributed by atoms with Gasteiger partial charge in [-0.2, -0.15) is 0 Å². The van der Waals surface area contributed by atoms with Crippen LogP contribution < -0.4 is 10.6 Å². The predicted molar refractivity (Wildman–Crippen MR) is 153 cm³/mol. The van der Waals surface area contributed by atoms with Crippen molar-refractivity contribution >= 4 is 27.5 Å². The van der Waals surface area contributed by atoms with Gasteiger partial charge in [0.25, 0.3) is 0 Å². The molecule has 0 aliphatic heterocycles. The van der Waals surface area contributed by atoms with E-state index >= 15 is 0 Å². The van der Waals surface area contributed by atoms with Crippen LogP contribution in [0.5, 0.6) is 0 Å². The fourth-order valence-electron chi connectivity index (χ4n) is 3.84. The van der Waals surface area contributed by atoms with E-state index in [2.05, 4.69) is 10.6 Å². The van der Waals surface area contributed by atoms with Crippen LogP contribution in [0.1, 0.15) is 79.1 Å². The molecule has 0 aromatic rings.